The molecule has 8 nitrogen and oxygen atoms in total. The van der Waals surface area contributed by atoms with Gasteiger partial charge in [0, 0.05) is 51.6 Å². The number of nitrogens with one attached hydrogen (secondary N) is 2. The number of nitrogens with zero attached hydrogens (tertiary/aromatic N) is 4. The van der Waals surface area contributed by atoms with Crippen molar-refractivity contribution in [1.29, 1.82) is 0 Å². The molecule has 2 aromatic carbocycles. The fourth-order valence-corrected chi connectivity index (χ4v) is 8.68. The van der Waals surface area contributed by atoms with Crippen molar-refractivity contribution >= 4 is 11.8 Å². The molecule has 2 heterocycles. The number of hydrogen-bond acceptors (Lipinski definition) is 4. The third kappa shape index (κ3) is 9.05. The minimum absolute atomic E-state index is 0.122. The maximum atomic E-state index is 13.8. The number of benzene rings is 2. The van der Waals surface area contributed by atoms with Gasteiger partial charge in [-0.05, 0) is 58.8 Å². The van der Waals surface area contributed by atoms with Gasteiger partial charge in [-0.25, -0.2) is 27.5 Å². The summed E-state index contributed by atoms with van der Waals surface area (Å²) in [6, 6.07) is 15.5. The average Bonchev–Trinajstić information content (AvgIpc) is 3.81. The topological polar surface area (TPSA) is 98.0 Å². The van der Waals surface area contributed by atoms with Gasteiger partial charge in [0.2, 0.25) is 23.7 Å². The lowest BCUT2D eigenvalue weighted by Gasteiger charge is -2.39. The first-order valence-corrected chi connectivity index (χ1v) is 19.7. The van der Waals surface area contributed by atoms with Crippen LogP contribution in [0.4, 0.5) is 17.6 Å². The van der Waals surface area contributed by atoms with Gasteiger partial charge in [0.15, 0.2) is 0 Å². The van der Waals surface area contributed by atoms with Crippen molar-refractivity contribution in [2.24, 2.45) is 22.7 Å². The molecule has 4 aromatic rings. The van der Waals surface area contributed by atoms with Crippen LogP contribution in [0.25, 0.3) is 33.6 Å². The molecule has 2 fully saturated rings. The first-order valence-electron chi connectivity index (χ1n) is 19.7. The van der Waals surface area contributed by atoms with Crippen molar-refractivity contribution in [2.45, 2.75) is 117 Å². The number of carbonyl (C=O) groups excluding carboxylic acids is 2. The highest BCUT2D eigenvalue weighted by Crippen LogP contribution is 2.43. The zero-order valence-corrected chi connectivity index (χ0v) is 33.9. The summed E-state index contributed by atoms with van der Waals surface area (Å²) in [6.07, 6.45) is 3.25. The van der Waals surface area contributed by atoms with E-state index < -0.39 is 23.7 Å². The molecule has 0 aliphatic heterocycles. The van der Waals surface area contributed by atoms with Crippen molar-refractivity contribution in [3.63, 3.8) is 0 Å². The molecule has 2 atom stereocenters. The van der Waals surface area contributed by atoms with E-state index in [0.29, 0.717) is 11.6 Å². The molecule has 0 unspecified atom stereocenters. The highest BCUT2D eigenvalue weighted by atomic mass is 19.3. The molecule has 2 aliphatic carbocycles. The van der Waals surface area contributed by atoms with Gasteiger partial charge >= 0.3 is 0 Å². The van der Waals surface area contributed by atoms with E-state index in [0.717, 1.165) is 33.6 Å². The number of aromatic amines is 2. The van der Waals surface area contributed by atoms with Gasteiger partial charge < -0.3 is 19.8 Å². The van der Waals surface area contributed by atoms with E-state index >= 15 is 0 Å². The highest BCUT2D eigenvalue weighted by Gasteiger charge is 2.43. The minimum atomic E-state index is -2.69. The fraction of sp³-hybridized carbons (Fsp3) is 0.545. The lowest BCUT2D eigenvalue weighted by molar-refractivity contribution is -0.144. The monoisotopic (exact) mass is 776 g/mol. The summed E-state index contributed by atoms with van der Waals surface area (Å²) in [5.41, 5.74) is 4.80. The van der Waals surface area contributed by atoms with Crippen LogP contribution < -0.4 is 0 Å². The Bertz CT molecular complexity index is 1830. The van der Waals surface area contributed by atoms with E-state index in [9.17, 15) is 27.2 Å². The van der Waals surface area contributed by atoms with E-state index in [-0.39, 0.29) is 86.1 Å². The Hall–Kier alpha value is -4.48. The third-order valence-electron chi connectivity index (χ3n) is 11.7. The van der Waals surface area contributed by atoms with Gasteiger partial charge in [0.05, 0.1) is 35.9 Å². The minimum Gasteiger partial charge on any atom is -0.340 e. The molecular formula is C44H56F4N6O2. The molecule has 2 aliphatic rings. The number of amides is 2. The average molecular weight is 777 g/mol. The van der Waals surface area contributed by atoms with Crippen LogP contribution in [0.2, 0.25) is 0 Å². The second-order valence-corrected chi connectivity index (χ2v) is 18.2. The fourth-order valence-electron chi connectivity index (χ4n) is 8.68. The molecule has 56 heavy (non-hydrogen) atoms. The van der Waals surface area contributed by atoms with E-state index in [4.69, 9.17) is 9.97 Å². The molecule has 0 saturated heterocycles. The van der Waals surface area contributed by atoms with Crippen LogP contribution >= 0.6 is 0 Å². The molecule has 0 bridgehead atoms. The number of halogens is 4. The summed E-state index contributed by atoms with van der Waals surface area (Å²) < 4.78 is 55.2. The molecule has 2 N–H and O–H groups in total. The normalized spacial score (nSPS) is 19.0. The van der Waals surface area contributed by atoms with Crippen LogP contribution in [0.15, 0.2) is 60.9 Å². The van der Waals surface area contributed by atoms with Gasteiger partial charge in [0.25, 0.3) is 0 Å². The molecule has 2 saturated carbocycles. The van der Waals surface area contributed by atoms with Gasteiger partial charge in [-0.1, -0.05) is 90.1 Å². The smallest absolute Gasteiger partial charge is 0.248 e. The van der Waals surface area contributed by atoms with Gasteiger partial charge in [-0.3, -0.25) is 9.59 Å². The van der Waals surface area contributed by atoms with E-state index in [2.05, 4.69) is 9.97 Å². The summed E-state index contributed by atoms with van der Waals surface area (Å²) in [4.78, 5) is 46.6. The predicted octanol–water partition coefficient (Wildman–Crippen LogP) is 10.9. The lowest BCUT2D eigenvalue weighted by Crippen LogP contribution is -2.43. The Labute approximate surface area is 327 Å². The highest BCUT2D eigenvalue weighted by molar-refractivity contribution is 5.80. The standard InChI is InChI=1S/C44H56F4N6O2/c1-41(2,3)35(53(7)39(55)31-17-21-43(45,46)22-18-31)37-49-25-33(51-37)29-13-9-27(10-14-29)28-11-15-30(16-12-28)34-26-50-38(52-34)36(42(4,5)6)54(8)40(56)32-19-23-44(47,48)24-20-32/h9-16,25-26,31-32,35-36H,17-24H2,1-8H3,(H,49,51)(H,50,52)/t35-,36-/m1/s1. The number of imidazole rings is 2. The first-order chi connectivity index (χ1) is 26.1. The van der Waals surface area contributed by atoms with Crippen molar-refractivity contribution in [1.82, 2.24) is 29.7 Å². The molecule has 2 aromatic heterocycles. The summed E-state index contributed by atoms with van der Waals surface area (Å²) in [7, 11) is 3.49. The number of H-pyrrole nitrogens is 2. The molecule has 12 heteroatoms. The van der Waals surface area contributed by atoms with Crippen LogP contribution in [0, 0.1) is 22.7 Å². The maximum absolute atomic E-state index is 13.8. The number of aromatic nitrogens is 4. The Morgan fingerprint density at radius 3 is 1.16 bits per heavy atom. The van der Waals surface area contributed by atoms with Crippen LogP contribution in [-0.4, -0.2) is 67.5 Å². The molecule has 6 rings (SSSR count). The first kappa shape index (κ1) is 41.2. The zero-order valence-electron chi connectivity index (χ0n) is 33.9. The van der Waals surface area contributed by atoms with Crippen molar-refractivity contribution in [2.75, 3.05) is 14.1 Å². The zero-order chi connectivity index (χ0) is 40.8. The second kappa shape index (κ2) is 15.5. The second-order valence-electron chi connectivity index (χ2n) is 18.2. The summed E-state index contributed by atoms with van der Waals surface area (Å²) in [5.74, 6) is -5.17. The molecule has 302 valence electrons. The van der Waals surface area contributed by atoms with Gasteiger partial charge in [-0.15, -0.1) is 0 Å². The summed E-state index contributed by atoms with van der Waals surface area (Å²) >= 11 is 0. The van der Waals surface area contributed by atoms with E-state index in [1.54, 1.807) is 36.3 Å². The maximum Gasteiger partial charge on any atom is 0.248 e. The Balaban J connectivity index is 1.13. The summed E-state index contributed by atoms with van der Waals surface area (Å²) in [5, 5.41) is 0. The third-order valence-corrected chi connectivity index (χ3v) is 11.7. The molecular weight excluding hydrogens is 721 g/mol. The van der Waals surface area contributed by atoms with Gasteiger partial charge in [-0.2, -0.15) is 0 Å². The van der Waals surface area contributed by atoms with E-state index in [1.165, 1.54) is 0 Å². The Kier molecular flexibility index (Phi) is 11.4. The van der Waals surface area contributed by atoms with Crippen molar-refractivity contribution in [3.05, 3.63) is 72.6 Å². The van der Waals surface area contributed by atoms with Crippen LogP contribution in [0.5, 0.6) is 0 Å². The van der Waals surface area contributed by atoms with Crippen LogP contribution in [0.3, 0.4) is 0 Å². The summed E-state index contributed by atoms with van der Waals surface area (Å²) in [6.45, 7) is 12.3. The van der Waals surface area contributed by atoms with Crippen LogP contribution in [-0.2, 0) is 9.59 Å². The SMILES string of the molecule is CN(C(=O)C1CCC(F)(F)CC1)[C@H](c1ncc(-c2ccc(-c3ccc(-c4cnc([C@@H](N(C)C(=O)C5CCC(F)(F)CC5)C(C)(C)C)[nH]4)cc3)cc2)[nH]1)C(C)(C)C. The largest absolute Gasteiger partial charge is 0.340 e. The number of rotatable bonds is 9. The number of carbonyl (C=O) groups is 2. The number of alkyl halides is 4. The molecule has 0 spiro atoms. The lowest BCUT2D eigenvalue weighted by atomic mass is 9.82. The number of hydrogen-bond donors (Lipinski definition) is 2. The molecule has 0 radical (unpaired) electrons. The Morgan fingerprint density at radius 1 is 0.589 bits per heavy atom. The van der Waals surface area contributed by atoms with Crippen molar-refractivity contribution in [3.8, 4) is 33.6 Å². The van der Waals surface area contributed by atoms with Gasteiger partial charge in [0.1, 0.15) is 11.6 Å². The quantitative estimate of drug-likeness (QED) is 0.165. The van der Waals surface area contributed by atoms with Crippen LogP contribution in [0.1, 0.15) is 117 Å². The predicted molar refractivity (Wildman–Crippen MR) is 211 cm³/mol. The van der Waals surface area contributed by atoms with Crippen molar-refractivity contribution < 1.29 is 27.2 Å². The Morgan fingerprint density at radius 2 is 0.875 bits per heavy atom. The molecule has 2 amide bonds. The van der Waals surface area contributed by atoms with E-state index in [1.807, 2.05) is 90.1 Å².